The Kier molecular flexibility index (Phi) is 4.80. The number of carbonyl (C=O) groups is 1. The molecule has 0 spiro atoms. The number of likely N-dealkylation sites (tertiary alicyclic amines) is 1. The predicted molar refractivity (Wildman–Crippen MR) is 84.2 cm³/mol. The van der Waals surface area contributed by atoms with Crippen LogP contribution in [0.3, 0.4) is 0 Å². The first-order valence-electron chi connectivity index (χ1n) is 7.99. The number of nitrogens with zero attached hydrogens (tertiary/aromatic N) is 3. The summed E-state index contributed by atoms with van der Waals surface area (Å²) in [5.74, 6) is -1.12. The van der Waals surface area contributed by atoms with Crippen molar-refractivity contribution in [1.82, 2.24) is 14.7 Å². The van der Waals surface area contributed by atoms with E-state index in [1.807, 2.05) is 0 Å². The molecule has 134 valence electrons. The second-order valence-corrected chi connectivity index (χ2v) is 6.25. The fraction of sp³-hybridized carbons (Fsp3) is 0.412. The summed E-state index contributed by atoms with van der Waals surface area (Å²) in [6.45, 7) is 1.90. The highest BCUT2D eigenvalue weighted by Crippen LogP contribution is 2.29. The van der Waals surface area contributed by atoms with Crippen LogP contribution in [0.25, 0.3) is 5.69 Å². The van der Waals surface area contributed by atoms with E-state index in [0.29, 0.717) is 25.2 Å². The summed E-state index contributed by atoms with van der Waals surface area (Å²) in [7, 11) is 0. The van der Waals surface area contributed by atoms with Crippen molar-refractivity contribution < 1.29 is 23.1 Å². The molecule has 1 fully saturated rings. The fourth-order valence-corrected chi connectivity index (χ4v) is 3.05. The van der Waals surface area contributed by atoms with Gasteiger partial charge < -0.3 is 5.11 Å². The third-order valence-corrected chi connectivity index (χ3v) is 4.36. The van der Waals surface area contributed by atoms with Crippen molar-refractivity contribution in [3.05, 3.63) is 47.8 Å². The van der Waals surface area contributed by atoms with Crippen LogP contribution in [0.1, 0.15) is 24.0 Å². The van der Waals surface area contributed by atoms with E-state index in [9.17, 15) is 18.0 Å². The standard InChI is InChI=1S/C17H18F3N3O2/c18-17(19,20)14-3-5-15(6-4-14)23-10-12(8-21-23)9-22-7-1-2-13(11-22)16(24)25/h3-6,8,10,13H,1-2,7,9,11H2,(H,24,25). The van der Waals surface area contributed by atoms with Crippen LogP contribution in [-0.2, 0) is 17.5 Å². The topological polar surface area (TPSA) is 58.4 Å². The van der Waals surface area contributed by atoms with E-state index in [1.54, 1.807) is 12.4 Å². The van der Waals surface area contributed by atoms with Crippen molar-refractivity contribution >= 4 is 5.97 Å². The molecule has 1 aliphatic rings. The first kappa shape index (κ1) is 17.5. The van der Waals surface area contributed by atoms with Crippen LogP contribution in [0.5, 0.6) is 0 Å². The molecule has 2 heterocycles. The number of rotatable bonds is 4. The van der Waals surface area contributed by atoms with Gasteiger partial charge in [0.05, 0.1) is 23.4 Å². The van der Waals surface area contributed by atoms with Gasteiger partial charge in [0.25, 0.3) is 0 Å². The van der Waals surface area contributed by atoms with E-state index < -0.39 is 17.7 Å². The van der Waals surface area contributed by atoms with Crippen molar-refractivity contribution in [2.75, 3.05) is 13.1 Å². The maximum Gasteiger partial charge on any atom is 0.416 e. The second-order valence-electron chi connectivity index (χ2n) is 6.25. The first-order chi connectivity index (χ1) is 11.8. The van der Waals surface area contributed by atoms with Gasteiger partial charge in [0.1, 0.15) is 0 Å². The molecule has 1 unspecified atom stereocenters. The van der Waals surface area contributed by atoms with Gasteiger partial charge in [0, 0.05) is 24.8 Å². The van der Waals surface area contributed by atoms with Gasteiger partial charge in [0.15, 0.2) is 0 Å². The molecule has 1 aromatic heterocycles. The summed E-state index contributed by atoms with van der Waals surface area (Å²) in [4.78, 5) is 13.2. The largest absolute Gasteiger partial charge is 0.481 e. The molecule has 2 aromatic rings. The Hall–Kier alpha value is -2.35. The zero-order valence-corrected chi connectivity index (χ0v) is 13.4. The van der Waals surface area contributed by atoms with Gasteiger partial charge in [0.2, 0.25) is 0 Å². The molecule has 1 saturated heterocycles. The quantitative estimate of drug-likeness (QED) is 0.917. The van der Waals surface area contributed by atoms with Gasteiger partial charge in [-0.2, -0.15) is 18.3 Å². The lowest BCUT2D eigenvalue weighted by Gasteiger charge is -2.30. The Labute approximate surface area is 142 Å². The number of carboxylic acid groups (broad SMARTS) is 1. The molecule has 8 heteroatoms. The van der Waals surface area contributed by atoms with Gasteiger partial charge in [-0.1, -0.05) is 0 Å². The summed E-state index contributed by atoms with van der Waals surface area (Å²) in [5, 5.41) is 13.3. The van der Waals surface area contributed by atoms with E-state index >= 15 is 0 Å². The average molecular weight is 353 g/mol. The van der Waals surface area contributed by atoms with Crippen LogP contribution in [0.4, 0.5) is 13.2 Å². The van der Waals surface area contributed by atoms with Crippen molar-refractivity contribution in [2.45, 2.75) is 25.6 Å². The van der Waals surface area contributed by atoms with Crippen molar-refractivity contribution in [2.24, 2.45) is 5.92 Å². The average Bonchev–Trinajstić information content (AvgIpc) is 3.03. The van der Waals surface area contributed by atoms with Crippen LogP contribution in [0, 0.1) is 5.92 Å². The summed E-state index contributed by atoms with van der Waals surface area (Å²) < 4.78 is 39.3. The number of aliphatic carboxylic acids is 1. The number of benzene rings is 1. The number of piperidine rings is 1. The monoisotopic (exact) mass is 353 g/mol. The molecule has 0 saturated carbocycles. The third-order valence-electron chi connectivity index (χ3n) is 4.36. The molecule has 1 aliphatic heterocycles. The second kappa shape index (κ2) is 6.87. The zero-order chi connectivity index (χ0) is 18.0. The molecule has 1 N–H and O–H groups in total. The normalized spacial score (nSPS) is 19.1. The maximum atomic E-state index is 12.6. The molecule has 1 aromatic carbocycles. The molecule has 0 amide bonds. The Morgan fingerprint density at radius 1 is 1.28 bits per heavy atom. The van der Waals surface area contributed by atoms with Crippen LogP contribution >= 0.6 is 0 Å². The highest BCUT2D eigenvalue weighted by Gasteiger charge is 2.30. The van der Waals surface area contributed by atoms with Gasteiger partial charge in [-0.25, -0.2) is 4.68 Å². The zero-order valence-electron chi connectivity index (χ0n) is 13.4. The lowest BCUT2D eigenvalue weighted by molar-refractivity contribution is -0.143. The first-order valence-corrected chi connectivity index (χ1v) is 7.99. The highest BCUT2D eigenvalue weighted by molar-refractivity contribution is 5.70. The molecule has 0 aliphatic carbocycles. The molecule has 0 bridgehead atoms. The van der Waals surface area contributed by atoms with E-state index in [0.717, 1.165) is 30.7 Å². The van der Waals surface area contributed by atoms with Gasteiger partial charge in [-0.15, -0.1) is 0 Å². The SMILES string of the molecule is O=C(O)C1CCCN(Cc2cnn(-c3ccc(C(F)(F)F)cc3)c2)C1. The number of aromatic nitrogens is 2. The van der Waals surface area contributed by atoms with Crippen LogP contribution in [-0.4, -0.2) is 38.8 Å². The van der Waals surface area contributed by atoms with Gasteiger partial charge in [-0.05, 0) is 43.7 Å². The minimum absolute atomic E-state index is 0.348. The number of carboxylic acids is 1. The predicted octanol–water partition coefficient (Wildman–Crippen LogP) is 3.19. The Morgan fingerprint density at radius 2 is 2.00 bits per heavy atom. The molecule has 5 nitrogen and oxygen atoms in total. The van der Waals surface area contributed by atoms with Gasteiger partial charge >= 0.3 is 12.1 Å². The minimum Gasteiger partial charge on any atom is -0.481 e. The lowest BCUT2D eigenvalue weighted by Crippen LogP contribution is -2.38. The minimum atomic E-state index is -4.36. The maximum absolute atomic E-state index is 12.6. The van der Waals surface area contributed by atoms with Crippen molar-refractivity contribution in [1.29, 1.82) is 0 Å². The molecular formula is C17H18F3N3O2. The van der Waals surface area contributed by atoms with Crippen LogP contribution < -0.4 is 0 Å². The highest BCUT2D eigenvalue weighted by atomic mass is 19.4. The number of hydrogen-bond acceptors (Lipinski definition) is 3. The van der Waals surface area contributed by atoms with E-state index in [4.69, 9.17) is 5.11 Å². The number of halogens is 3. The fourth-order valence-electron chi connectivity index (χ4n) is 3.05. The summed E-state index contributed by atoms with van der Waals surface area (Å²) in [6, 6.07) is 4.81. The Morgan fingerprint density at radius 3 is 2.64 bits per heavy atom. The summed E-state index contributed by atoms with van der Waals surface area (Å²) >= 11 is 0. The Bertz CT molecular complexity index is 740. The molecular weight excluding hydrogens is 335 g/mol. The van der Waals surface area contributed by atoms with Crippen LogP contribution in [0.2, 0.25) is 0 Å². The Balaban J connectivity index is 1.67. The van der Waals surface area contributed by atoms with Crippen LogP contribution in [0.15, 0.2) is 36.7 Å². The molecule has 25 heavy (non-hydrogen) atoms. The van der Waals surface area contributed by atoms with Crippen molar-refractivity contribution in [3.8, 4) is 5.69 Å². The number of alkyl halides is 3. The van der Waals surface area contributed by atoms with Gasteiger partial charge in [-0.3, -0.25) is 9.69 Å². The van der Waals surface area contributed by atoms with E-state index in [-0.39, 0.29) is 5.92 Å². The molecule has 0 radical (unpaired) electrons. The van der Waals surface area contributed by atoms with E-state index in [2.05, 4.69) is 10.00 Å². The number of hydrogen-bond donors (Lipinski definition) is 1. The third kappa shape index (κ3) is 4.19. The molecule has 3 rings (SSSR count). The lowest BCUT2D eigenvalue weighted by atomic mass is 9.98. The van der Waals surface area contributed by atoms with Crippen molar-refractivity contribution in [3.63, 3.8) is 0 Å². The smallest absolute Gasteiger partial charge is 0.416 e. The van der Waals surface area contributed by atoms with E-state index in [1.165, 1.54) is 16.8 Å². The summed E-state index contributed by atoms with van der Waals surface area (Å²) in [6.07, 6.45) is 0.582. The summed E-state index contributed by atoms with van der Waals surface area (Å²) in [5.41, 5.74) is 0.740. The molecule has 1 atom stereocenters.